The SMILES string of the molecule is CN(C)CCN(c1ccccc1)S(=O)(=O)c1ccc(Cl)cc1. The summed E-state index contributed by atoms with van der Waals surface area (Å²) in [5, 5.41) is 0.513. The molecule has 22 heavy (non-hydrogen) atoms. The lowest BCUT2D eigenvalue weighted by atomic mass is 10.3. The lowest BCUT2D eigenvalue weighted by molar-refractivity contribution is 0.419. The van der Waals surface area contributed by atoms with E-state index in [-0.39, 0.29) is 4.90 Å². The minimum absolute atomic E-state index is 0.236. The fourth-order valence-corrected chi connectivity index (χ4v) is 3.59. The molecule has 2 aromatic carbocycles. The average Bonchev–Trinajstić information content (AvgIpc) is 2.48. The fraction of sp³-hybridized carbons (Fsp3) is 0.250. The van der Waals surface area contributed by atoms with Gasteiger partial charge in [0.15, 0.2) is 0 Å². The Balaban J connectivity index is 2.41. The van der Waals surface area contributed by atoms with E-state index in [1.54, 1.807) is 24.3 Å². The Morgan fingerprint density at radius 1 is 0.909 bits per heavy atom. The van der Waals surface area contributed by atoms with Crippen molar-refractivity contribution in [1.82, 2.24) is 4.90 Å². The minimum atomic E-state index is -3.62. The number of benzene rings is 2. The van der Waals surface area contributed by atoms with E-state index in [9.17, 15) is 8.42 Å². The number of hydrogen-bond acceptors (Lipinski definition) is 3. The van der Waals surface area contributed by atoms with Gasteiger partial charge in [0.2, 0.25) is 0 Å². The first kappa shape index (κ1) is 16.8. The summed E-state index contributed by atoms with van der Waals surface area (Å²) in [5.41, 5.74) is 0.652. The number of likely N-dealkylation sites (N-methyl/N-ethyl adjacent to an activating group) is 1. The molecule has 0 saturated carbocycles. The molecule has 0 amide bonds. The molecule has 0 heterocycles. The van der Waals surface area contributed by atoms with Crippen LogP contribution >= 0.6 is 11.6 Å². The van der Waals surface area contributed by atoms with Gasteiger partial charge in [-0.3, -0.25) is 4.31 Å². The molecule has 0 atom stereocenters. The molecule has 0 aliphatic carbocycles. The quantitative estimate of drug-likeness (QED) is 0.812. The molecular formula is C16H19ClN2O2S. The molecule has 118 valence electrons. The van der Waals surface area contributed by atoms with Crippen LogP contribution in [0.2, 0.25) is 5.02 Å². The monoisotopic (exact) mass is 338 g/mol. The largest absolute Gasteiger partial charge is 0.308 e. The first-order valence-electron chi connectivity index (χ1n) is 6.89. The predicted octanol–water partition coefficient (Wildman–Crippen LogP) is 3.10. The third-order valence-electron chi connectivity index (χ3n) is 3.20. The fourth-order valence-electron chi connectivity index (χ4n) is 2.01. The number of hydrogen-bond donors (Lipinski definition) is 0. The summed E-state index contributed by atoms with van der Waals surface area (Å²) in [5.74, 6) is 0. The second-order valence-corrected chi connectivity index (χ2v) is 7.47. The highest BCUT2D eigenvalue weighted by Crippen LogP contribution is 2.24. The Morgan fingerprint density at radius 2 is 1.50 bits per heavy atom. The van der Waals surface area contributed by atoms with Crippen molar-refractivity contribution in [3.05, 3.63) is 59.6 Å². The highest BCUT2D eigenvalue weighted by Gasteiger charge is 2.24. The third-order valence-corrected chi connectivity index (χ3v) is 5.29. The predicted molar refractivity (Wildman–Crippen MR) is 91.0 cm³/mol. The van der Waals surface area contributed by atoms with Crippen molar-refractivity contribution in [2.24, 2.45) is 0 Å². The third kappa shape index (κ3) is 4.00. The average molecular weight is 339 g/mol. The van der Waals surface area contributed by atoms with Gasteiger partial charge in [-0.25, -0.2) is 8.42 Å². The van der Waals surface area contributed by atoms with E-state index in [0.717, 1.165) is 0 Å². The van der Waals surface area contributed by atoms with Crippen molar-refractivity contribution in [2.45, 2.75) is 4.90 Å². The first-order valence-corrected chi connectivity index (χ1v) is 8.71. The van der Waals surface area contributed by atoms with E-state index in [0.29, 0.717) is 23.8 Å². The maximum absolute atomic E-state index is 12.9. The van der Waals surface area contributed by atoms with Crippen molar-refractivity contribution in [2.75, 3.05) is 31.5 Å². The zero-order valence-electron chi connectivity index (χ0n) is 12.6. The van der Waals surface area contributed by atoms with E-state index >= 15 is 0 Å². The standard InChI is InChI=1S/C16H19ClN2O2S/c1-18(2)12-13-19(15-6-4-3-5-7-15)22(20,21)16-10-8-14(17)9-11-16/h3-11H,12-13H2,1-2H3. The summed E-state index contributed by atoms with van der Waals surface area (Å²) in [6.07, 6.45) is 0. The number of halogens is 1. The van der Waals surface area contributed by atoms with Crippen LogP contribution in [0.25, 0.3) is 0 Å². The maximum Gasteiger partial charge on any atom is 0.264 e. The molecule has 6 heteroatoms. The molecule has 4 nitrogen and oxygen atoms in total. The lowest BCUT2D eigenvalue weighted by Gasteiger charge is -2.26. The summed E-state index contributed by atoms with van der Waals surface area (Å²) in [7, 11) is 0.211. The molecule has 0 radical (unpaired) electrons. The summed E-state index contributed by atoms with van der Waals surface area (Å²) < 4.78 is 27.3. The summed E-state index contributed by atoms with van der Waals surface area (Å²) in [6, 6.07) is 15.3. The van der Waals surface area contributed by atoms with Gasteiger partial charge in [0, 0.05) is 18.1 Å². The summed E-state index contributed by atoms with van der Waals surface area (Å²) in [6.45, 7) is 1.00. The van der Waals surface area contributed by atoms with Crippen molar-refractivity contribution in [3.8, 4) is 0 Å². The number of anilines is 1. The van der Waals surface area contributed by atoms with Gasteiger partial charge < -0.3 is 4.90 Å². The molecule has 0 aromatic heterocycles. The van der Waals surface area contributed by atoms with Crippen molar-refractivity contribution < 1.29 is 8.42 Å². The molecule has 0 aliphatic rings. The lowest BCUT2D eigenvalue weighted by Crippen LogP contribution is -2.36. The van der Waals surface area contributed by atoms with Gasteiger partial charge in [-0.2, -0.15) is 0 Å². The van der Waals surface area contributed by atoms with Crippen LogP contribution in [-0.2, 0) is 10.0 Å². The molecule has 2 rings (SSSR count). The molecule has 0 unspecified atom stereocenters. The second kappa shape index (κ2) is 7.13. The van der Waals surface area contributed by atoms with Crippen LogP contribution in [0.3, 0.4) is 0 Å². The summed E-state index contributed by atoms with van der Waals surface area (Å²) >= 11 is 5.85. The topological polar surface area (TPSA) is 40.6 Å². The van der Waals surface area contributed by atoms with E-state index in [1.165, 1.54) is 16.4 Å². The van der Waals surface area contributed by atoms with Crippen molar-refractivity contribution in [3.63, 3.8) is 0 Å². The number of nitrogens with zero attached hydrogens (tertiary/aromatic N) is 2. The molecule has 2 aromatic rings. The van der Waals surface area contributed by atoms with Crippen molar-refractivity contribution in [1.29, 1.82) is 0 Å². The molecular weight excluding hydrogens is 320 g/mol. The van der Waals surface area contributed by atoms with Crippen LogP contribution in [0.4, 0.5) is 5.69 Å². The normalized spacial score (nSPS) is 11.6. The molecule has 0 N–H and O–H groups in total. The van der Waals surface area contributed by atoms with Crippen LogP contribution in [0, 0.1) is 0 Å². The van der Waals surface area contributed by atoms with Gasteiger partial charge in [0.05, 0.1) is 10.6 Å². The number of para-hydroxylation sites is 1. The van der Waals surface area contributed by atoms with Crippen molar-refractivity contribution >= 4 is 27.3 Å². The smallest absolute Gasteiger partial charge is 0.264 e. The van der Waals surface area contributed by atoms with Gasteiger partial charge in [-0.1, -0.05) is 29.8 Å². The van der Waals surface area contributed by atoms with Crippen LogP contribution in [0.1, 0.15) is 0 Å². The Bertz CT molecular complexity index is 701. The molecule has 0 spiro atoms. The van der Waals surface area contributed by atoms with Crippen LogP contribution in [-0.4, -0.2) is 40.5 Å². The van der Waals surface area contributed by atoms with E-state index in [2.05, 4.69) is 0 Å². The zero-order chi connectivity index (χ0) is 16.2. The number of sulfonamides is 1. The van der Waals surface area contributed by atoms with Gasteiger partial charge in [-0.05, 0) is 50.5 Å². The zero-order valence-corrected chi connectivity index (χ0v) is 14.2. The maximum atomic E-state index is 12.9. The van der Waals surface area contributed by atoms with Gasteiger partial charge in [-0.15, -0.1) is 0 Å². The Labute approximate surface area is 137 Å². The first-order chi connectivity index (χ1) is 10.4. The Morgan fingerprint density at radius 3 is 2.05 bits per heavy atom. The second-order valence-electron chi connectivity index (χ2n) is 5.17. The van der Waals surface area contributed by atoms with E-state index in [1.807, 2.05) is 37.2 Å². The van der Waals surface area contributed by atoms with E-state index in [4.69, 9.17) is 11.6 Å². The van der Waals surface area contributed by atoms with Gasteiger partial charge in [0.1, 0.15) is 0 Å². The highest BCUT2D eigenvalue weighted by molar-refractivity contribution is 7.92. The molecule has 0 fully saturated rings. The molecule has 0 bridgehead atoms. The van der Waals surface area contributed by atoms with E-state index < -0.39 is 10.0 Å². The van der Waals surface area contributed by atoms with Crippen LogP contribution < -0.4 is 4.31 Å². The Kier molecular flexibility index (Phi) is 5.45. The van der Waals surface area contributed by atoms with Gasteiger partial charge in [0.25, 0.3) is 10.0 Å². The minimum Gasteiger partial charge on any atom is -0.308 e. The van der Waals surface area contributed by atoms with Crippen LogP contribution in [0.15, 0.2) is 59.5 Å². The highest BCUT2D eigenvalue weighted by atomic mass is 35.5. The molecule has 0 aliphatic heterocycles. The number of rotatable bonds is 6. The van der Waals surface area contributed by atoms with Crippen LogP contribution in [0.5, 0.6) is 0 Å². The van der Waals surface area contributed by atoms with Gasteiger partial charge >= 0.3 is 0 Å². The summed E-state index contributed by atoms with van der Waals surface area (Å²) in [4.78, 5) is 2.19. The molecule has 0 saturated heterocycles. The Hall–Kier alpha value is -1.56.